The Hall–Kier alpha value is -3.28. The van der Waals surface area contributed by atoms with Crippen LogP contribution in [0.3, 0.4) is 0 Å². The highest BCUT2D eigenvalue weighted by atomic mass is 16.5. The molecular formula is C24H26O6. The van der Waals surface area contributed by atoms with Gasteiger partial charge in [-0.2, -0.15) is 0 Å². The molecule has 158 valence electrons. The average Bonchev–Trinajstić information content (AvgIpc) is 2.82. The van der Waals surface area contributed by atoms with Gasteiger partial charge in [0.05, 0.1) is 27.8 Å². The molecule has 0 unspecified atom stereocenters. The van der Waals surface area contributed by atoms with Crippen molar-refractivity contribution in [3.63, 3.8) is 0 Å². The van der Waals surface area contributed by atoms with E-state index in [1.165, 1.54) is 14.2 Å². The molecule has 1 aliphatic heterocycles. The lowest BCUT2D eigenvalue weighted by atomic mass is 9.86. The number of carbonyl (C=O) groups excluding carboxylic acids is 2. The zero-order valence-corrected chi connectivity index (χ0v) is 17.4. The highest BCUT2D eigenvalue weighted by molar-refractivity contribution is 5.82. The maximum Gasteiger partial charge on any atom is 0.316 e. The van der Waals surface area contributed by atoms with Gasteiger partial charge in [-0.15, -0.1) is 0 Å². The van der Waals surface area contributed by atoms with Crippen LogP contribution in [0, 0.1) is 5.92 Å². The molecule has 0 bridgehead atoms. The van der Waals surface area contributed by atoms with E-state index in [4.69, 9.17) is 18.9 Å². The minimum atomic E-state index is -0.866. The predicted octanol–water partition coefficient (Wildman–Crippen LogP) is 4.18. The summed E-state index contributed by atoms with van der Waals surface area (Å²) in [5.41, 5.74) is 2.07. The van der Waals surface area contributed by atoms with Crippen molar-refractivity contribution in [1.29, 1.82) is 0 Å². The smallest absolute Gasteiger partial charge is 0.316 e. The van der Waals surface area contributed by atoms with Crippen LogP contribution in [0.25, 0.3) is 0 Å². The molecule has 0 aliphatic carbocycles. The Labute approximate surface area is 176 Å². The van der Waals surface area contributed by atoms with E-state index in [1.54, 1.807) is 7.11 Å². The Kier molecular flexibility index (Phi) is 7.12. The summed E-state index contributed by atoms with van der Waals surface area (Å²) in [6.07, 6.45) is 2.18. The maximum atomic E-state index is 12.5. The van der Waals surface area contributed by atoms with Crippen molar-refractivity contribution in [3.05, 3.63) is 77.6 Å². The molecule has 0 amide bonds. The van der Waals surface area contributed by atoms with Gasteiger partial charge < -0.3 is 18.9 Å². The molecule has 0 radical (unpaired) electrons. The zero-order chi connectivity index (χ0) is 21.5. The number of carbonyl (C=O) groups is 2. The Morgan fingerprint density at radius 1 is 0.967 bits per heavy atom. The number of allylic oxidation sites excluding steroid dienone is 1. The van der Waals surface area contributed by atoms with Gasteiger partial charge in [-0.05, 0) is 35.8 Å². The van der Waals surface area contributed by atoms with Gasteiger partial charge in [0, 0.05) is 5.92 Å². The molecule has 1 aliphatic rings. The first kappa shape index (κ1) is 21.4. The molecule has 2 aromatic carbocycles. The fourth-order valence-corrected chi connectivity index (χ4v) is 3.59. The van der Waals surface area contributed by atoms with Crippen molar-refractivity contribution in [3.8, 4) is 5.75 Å². The second-order valence-electron chi connectivity index (χ2n) is 7.06. The number of hydrogen-bond acceptors (Lipinski definition) is 6. The van der Waals surface area contributed by atoms with Gasteiger partial charge in [0.2, 0.25) is 0 Å². The van der Waals surface area contributed by atoms with Crippen molar-refractivity contribution in [2.75, 3.05) is 21.3 Å². The molecule has 0 N–H and O–H groups in total. The molecule has 2 aromatic rings. The number of benzene rings is 2. The summed E-state index contributed by atoms with van der Waals surface area (Å²) in [5, 5.41) is 0. The summed E-state index contributed by atoms with van der Waals surface area (Å²) in [6, 6.07) is 17.7. The molecule has 0 fully saturated rings. The second kappa shape index (κ2) is 9.96. The van der Waals surface area contributed by atoms with E-state index in [-0.39, 0.29) is 18.4 Å². The van der Waals surface area contributed by atoms with Gasteiger partial charge in [0.15, 0.2) is 0 Å². The normalized spacial score (nSPS) is 19.1. The molecule has 6 nitrogen and oxygen atoms in total. The van der Waals surface area contributed by atoms with Gasteiger partial charge in [-0.3, -0.25) is 9.59 Å². The molecule has 1 heterocycles. The van der Waals surface area contributed by atoms with Crippen LogP contribution in [0.2, 0.25) is 0 Å². The predicted molar refractivity (Wildman–Crippen MR) is 111 cm³/mol. The largest absolute Gasteiger partial charge is 0.497 e. The fraction of sp³-hybridized carbons (Fsp3) is 0.333. The van der Waals surface area contributed by atoms with Crippen LogP contribution < -0.4 is 4.74 Å². The van der Waals surface area contributed by atoms with E-state index in [2.05, 4.69) is 0 Å². The van der Waals surface area contributed by atoms with E-state index in [1.807, 2.05) is 60.7 Å². The van der Waals surface area contributed by atoms with Crippen molar-refractivity contribution in [2.45, 2.75) is 24.9 Å². The van der Waals surface area contributed by atoms with E-state index in [0.717, 1.165) is 16.9 Å². The maximum absolute atomic E-state index is 12.5. The van der Waals surface area contributed by atoms with Gasteiger partial charge in [-0.25, -0.2) is 0 Å². The first-order valence-corrected chi connectivity index (χ1v) is 9.77. The third-order valence-corrected chi connectivity index (χ3v) is 5.25. The molecule has 3 rings (SSSR count). The molecule has 0 saturated carbocycles. The molecule has 0 saturated heterocycles. The minimum absolute atomic E-state index is 0.0202. The Balaban J connectivity index is 1.97. The summed E-state index contributed by atoms with van der Waals surface area (Å²) in [7, 11) is 4.21. The van der Waals surface area contributed by atoms with Crippen LogP contribution in [-0.4, -0.2) is 33.3 Å². The van der Waals surface area contributed by atoms with Crippen molar-refractivity contribution in [1.82, 2.24) is 0 Å². The number of rotatable bonds is 7. The van der Waals surface area contributed by atoms with Gasteiger partial charge in [0.1, 0.15) is 23.5 Å². The van der Waals surface area contributed by atoms with Gasteiger partial charge in [-0.1, -0.05) is 42.5 Å². The zero-order valence-electron chi connectivity index (χ0n) is 17.4. The first-order valence-electron chi connectivity index (χ1n) is 9.77. The third-order valence-electron chi connectivity index (χ3n) is 5.25. The third kappa shape index (κ3) is 5.00. The average molecular weight is 410 g/mol. The molecule has 30 heavy (non-hydrogen) atoms. The summed E-state index contributed by atoms with van der Waals surface area (Å²) in [5.74, 6) is -0.704. The second-order valence-corrected chi connectivity index (χ2v) is 7.06. The minimum Gasteiger partial charge on any atom is -0.497 e. The molecule has 0 spiro atoms. The molecule has 3 atom stereocenters. The lowest BCUT2D eigenvalue weighted by Crippen LogP contribution is -2.27. The van der Waals surface area contributed by atoms with Crippen LogP contribution in [0.1, 0.15) is 36.0 Å². The van der Waals surface area contributed by atoms with Crippen LogP contribution >= 0.6 is 0 Å². The topological polar surface area (TPSA) is 71.1 Å². The van der Waals surface area contributed by atoms with E-state index < -0.39 is 17.9 Å². The van der Waals surface area contributed by atoms with Crippen molar-refractivity contribution < 1.29 is 28.5 Å². The summed E-state index contributed by atoms with van der Waals surface area (Å²) >= 11 is 0. The lowest BCUT2D eigenvalue weighted by molar-refractivity contribution is -0.152. The van der Waals surface area contributed by atoms with Crippen LogP contribution in [0.4, 0.5) is 0 Å². The molecular weight excluding hydrogens is 384 g/mol. The van der Waals surface area contributed by atoms with Gasteiger partial charge >= 0.3 is 11.9 Å². The number of ether oxygens (including phenoxy) is 4. The van der Waals surface area contributed by atoms with Crippen LogP contribution in [-0.2, 0) is 23.8 Å². The first-order chi connectivity index (χ1) is 14.5. The number of methoxy groups -OCH3 is 3. The quantitative estimate of drug-likeness (QED) is 0.638. The molecule has 6 heteroatoms. The highest BCUT2D eigenvalue weighted by Gasteiger charge is 2.35. The molecule has 0 aromatic heterocycles. The van der Waals surface area contributed by atoms with Gasteiger partial charge in [0.25, 0.3) is 0 Å². The number of esters is 2. The summed E-state index contributed by atoms with van der Waals surface area (Å²) in [4.78, 5) is 24.4. The lowest BCUT2D eigenvalue weighted by Gasteiger charge is -2.32. The highest BCUT2D eigenvalue weighted by Crippen LogP contribution is 2.41. The number of hydrogen-bond donors (Lipinski definition) is 0. The van der Waals surface area contributed by atoms with E-state index in [0.29, 0.717) is 12.2 Å². The summed E-state index contributed by atoms with van der Waals surface area (Å²) in [6.45, 7) is 0. The van der Waals surface area contributed by atoms with Crippen LogP contribution in [0.5, 0.6) is 5.75 Å². The standard InChI is InChI=1S/C24H26O6/c1-27-19-11-9-17(10-12-19)21-13-18(16-7-5-4-6-8-16)14-22(30-21)20(24(26)29-3)15-23(25)28-2/h4-12,14,18,20-21H,13,15H2,1-3H3/t18-,20-,21-/m0/s1. The van der Waals surface area contributed by atoms with E-state index >= 15 is 0 Å². The monoisotopic (exact) mass is 410 g/mol. The van der Waals surface area contributed by atoms with Crippen LogP contribution in [0.15, 0.2) is 66.4 Å². The van der Waals surface area contributed by atoms with Crippen molar-refractivity contribution in [2.24, 2.45) is 5.92 Å². The summed E-state index contributed by atoms with van der Waals surface area (Å²) < 4.78 is 21.2. The fourth-order valence-electron chi connectivity index (χ4n) is 3.59. The van der Waals surface area contributed by atoms with Crippen molar-refractivity contribution >= 4 is 11.9 Å². The SMILES string of the molecule is COC(=O)C[C@H](C(=O)OC)C1=C[C@@H](c2ccccc2)C[C@@H](c2ccc(OC)cc2)O1. The Bertz CT molecular complexity index is 888. The Morgan fingerprint density at radius 3 is 2.27 bits per heavy atom. The van der Waals surface area contributed by atoms with E-state index in [9.17, 15) is 9.59 Å². The Morgan fingerprint density at radius 2 is 1.67 bits per heavy atom.